The Labute approximate surface area is 222 Å². The van der Waals surface area contributed by atoms with E-state index in [1.807, 2.05) is 103 Å². The summed E-state index contributed by atoms with van der Waals surface area (Å²) in [5, 5.41) is 11.9. The molecule has 5 aromatic carbocycles. The average Bonchev–Trinajstić information content (AvgIpc) is 3.00. The molecule has 0 spiro atoms. The molecule has 0 bridgehead atoms. The summed E-state index contributed by atoms with van der Waals surface area (Å²) in [5.74, 6) is 0. The number of nitrogens with one attached hydrogen (secondary N) is 1. The minimum Gasteiger partial charge on any atom is -0.300 e. The van der Waals surface area contributed by atoms with Gasteiger partial charge in [0.25, 0.3) is 0 Å². The molecule has 0 unspecified atom stereocenters. The van der Waals surface area contributed by atoms with Crippen molar-refractivity contribution in [3.63, 3.8) is 0 Å². The normalized spacial score (nSPS) is 11.8. The van der Waals surface area contributed by atoms with Gasteiger partial charge in [-0.2, -0.15) is 0 Å². The van der Waals surface area contributed by atoms with Crippen molar-refractivity contribution < 1.29 is 0 Å². The van der Waals surface area contributed by atoms with Crippen molar-refractivity contribution in [3.05, 3.63) is 157 Å². The van der Waals surface area contributed by atoms with Crippen LogP contribution >= 0.6 is 0 Å². The van der Waals surface area contributed by atoms with E-state index < -0.39 is 0 Å². The largest absolute Gasteiger partial charge is 0.300 e. The topological polar surface area (TPSA) is 49.1 Å². The Kier molecular flexibility index (Phi) is 6.40. The second kappa shape index (κ2) is 10.5. The van der Waals surface area contributed by atoms with E-state index in [4.69, 9.17) is 15.4 Å². The van der Waals surface area contributed by atoms with Gasteiger partial charge in [-0.15, -0.1) is 0 Å². The van der Waals surface area contributed by atoms with Crippen LogP contribution in [0.3, 0.4) is 0 Å². The Morgan fingerprint density at radius 2 is 1.18 bits per heavy atom. The molecule has 180 valence electrons. The van der Waals surface area contributed by atoms with Gasteiger partial charge in [0, 0.05) is 21.9 Å². The zero-order valence-electron chi connectivity index (χ0n) is 20.8. The fraction of sp³-hybridized carbons (Fsp3) is 0. The Morgan fingerprint density at radius 3 is 1.89 bits per heavy atom. The Morgan fingerprint density at radius 1 is 0.579 bits per heavy atom. The van der Waals surface area contributed by atoms with Gasteiger partial charge in [-0.05, 0) is 35.2 Å². The molecule has 0 fully saturated rings. The molecule has 0 aliphatic carbocycles. The Balaban J connectivity index is 1.47. The number of hydrogen-bond acceptors (Lipinski definition) is 3. The highest BCUT2D eigenvalue weighted by atomic mass is 14.8. The molecule has 6 rings (SSSR count). The van der Waals surface area contributed by atoms with Gasteiger partial charge in [-0.3, -0.25) is 0 Å². The lowest BCUT2D eigenvalue weighted by molar-refractivity contribution is 1.41. The van der Waals surface area contributed by atoms with E-state index in [0.717, 1.165) is 50.1 Å². The van der Waals surface area contributed by atoms with E-state index in [1.54, 1.807) is 0 Å². The van der Waals surface area contributed by atoms with Gasteiger partial charge < -0.3 is 5.41 Å². The number of allylic oxidation sites excluding steroid dienone is 2. The number of nitrogens with zero attached hydrogens (tertiary/aromatic N) is 2. The zero-order chi connectivity index (χ0) is 25.7. The molecule has 0 radical (unpaired) electrons. The number of hydrogen-bond donors (Lipinski definition) is 1. The Bertz CT molecular complexity index is 1800. The maximum atomic E-state index is 8.50. The van der Waals surface area contributed by atoms with Crippen LogP contribution in [0.25, 0.3) is 32.9 Å². The molecular weight excluding hydrogens is 462 g/mol. The third-order valence-corrected chi connectivity index (χ3v) is 6.54. The number of aliphatic imine (C=N–C) groups is 1. The summed E-state index contributed by atoms with van der Waals surface area (Å²) in [6, 6.07) is 44.7. The van der Waals surface area contributed by atoms with Crippen LogP contribution in [-0.4, -0.2) is 16.4 Å². The second-order valence-corrected chi connectivity index (χ2v) is 9.05. The van der Waals surface area contributed by atoms with E-state index in [1.165, 1.54) is 5.39 Å². The molecule has 38 heavy (non-hydrogen) atoms. The monoisotopic (exact) mass is 487 g/mol. The second-order valence-electron chi connectivity index (χ2n) is 9.05. The molecule has 1 heterocycles. The maximum Gasteiger partial charge on any atom is 0.0788 e. The lowest BCUT2D eigenvalue weighted by atomic mass is 10.00. The predicted molar refractivity (Wildman–Crippen MR) is 160 cm³/mol. The van der Waals surface area contributed by atoms with Crippen molar-refractivity contribution >= 4 is 38.8 Å². The van der Waals surface area contributed by atoms with Crippen LogP contribution < -0.4 is 0 Å². The molecule has 0 saturated carbocycles. The molecule has 0 atom stereocenters. The van der Waals surface area contributed by atoms with Crippen molar-refractivity contribution in [2.24, 2.45) is 4.99 Å². The first-order chi connectivity index (χ1) is 18.8. The third-order valence-electron chi connectivity index (χ3n) is 6.54. The van der Waals surface area contributed by atoms with E-state index in [2.05, 4.69) is 42.5 Å². The first kappa shape index (κ1) is 23.3. The predicted octanol–water partition coefficient (Wildman–Crippen LogP) is 8.80. The van der Waals surface area contributed by atoms with Gasteiger partial charge in [-0.1, -0.05) is 121 Å². The summed E-state index contributed by atoms with van der Waals surface area (Å²) < 4.78 is 0. The molecule has 3 nitrogen and oxygen atoms in total. The van der Waals surface area contributed by atoms with E-state index in [0.29, 0.717) is 5.71 Å². The zero-order valence-corrected chi connectivity index (χ0v) is 20.8. The van der Waals surface area contributed by atoms with Gasteiger partial charge in [-0.25, -0.2) is 9.98 Å². The molecular formula is C35H25N3. The molecule has 1 aromatic heterocycles. The van der Waals surface area contributed by atoms with Crippen molar-refractivity contribution in [1.29, 1.82) is 5.41 Å². The van der Waals surface area contributed by atoms with Crippen molar-refractivity contribution in [2.75, 3.05) is 0 Å². The van der Waals surface area contributed by atoms with Crippen LogP contribution in [0.15, 0.2) is 151 Å². The minimum atomic E-state index is 0.438. The number of fused-ring (bicyclic) bond motifs is 3. The summed E-state index contributed by atoms with van der Waals surface area (Å²) in [6.07, 6.45) is 3.72. The fourth-order valence-corrected chi connectivity index (χ4v) is 4.65. The molecule has 0 saturated heterocycles. The molecule has 1 N–H and O–H groups in total. The molecule has 6 aromatic rings. The summed E-state index contributed by atoms with van der Waals surface area (Å²) in [4.78, 5) is 10.1. The quantitative estimate of drug-likeness (QED) is 0.185. The lowest BCUT2D eigenvalue weighted by Crippen LogP contribution is -1.99. The number of aromatic nitrogens is 1. The van der Waals surface area contributed by atoms with Crippen LogP contribution in [0.5, 0.6) is 0 Å². The maximum absolute atomic E-state index is 8.50. The van der Waals surface area contributed by atoms with Crippen LogP contribution in [0, 0.1) is 5.41 Å². The average molecular weight is 488 g/mol. The summed E-state index contributed by atoms with van der Waals surface area (Å²) in [6.45, 7) is 0. The molecule has 0 amide bonds. The number of benzene rings is 5. The van der Waals surface area contributed by atoms with Crippen LogP contribution in [0.1, 0.15) is 11.1 Å². The lowest BCUT2D eigenvalue weighted by Gasteiger charge is -2.11. The van der Waals surface area contributed by atoms with Crippen LogP contribution in [0.2, 0.25) is 0 Å². The van der Waals surface area contributed by atoms with E-state index >= 15 is 0 Å². The highest BCUT2D eigenvalue weighted by Crippen LogP contribution is 2.33. The van der Waals surface area contributed by atoms with Gasteiger partial charge >= 0.3 is 0 Å². The first-order valence-electron chi connectivity index (χ1n) is 12.6. The highest BCUT2D eigenvalue weighted by molar-refractivity contribution is 6.16. The van der Waals surface area contributed by atoms with Crippen LogP contribution in [-0.2, 0) is 0 Å². The number of rotatable bonds is 6. The van der Waals surface area contributed by atoms with Crippen molar-refractivity contribution in [3.8, 4) is 11.3 Å². The van der Waals surface area contributed by atoms with E-state index in [-0.39, 0.29) is 0 Å². The molecule has 3 heteroatoms. The van der Waals surface area contributed by atoms with Gasteiger partial charge in [0.1, 0.15) is 0 Å². The minimum absolute atomic E-state index is 0.438. The van der Waals surface area contributed by atoms with E-state index in [9.17, 15) is 0 Å². The molecule has 0 aliphatic rings. The van der Waals surface area contributed by atoms with Crippen LogP contribution in [0.4, 0.5) is 5.69 Å². The summed E-state index contributed by atoms with van der Waals surface area (Å²) >= 11 is 0. The van der Waals surface area contributed by atoms with Gasteiger partial charge in [0.05, 0.1) is 28.3 Å². The summed E-state index contributed by atoms with van der Waals surface area (Å²) in [7, 11) is 0. The fourth-order valence-electron chi connectivity index (χ4n) is 4.65. The van der Waals surface area contributed by atoms with Gasteiger partial charge in [0.2, 0.25) is 0 Å². The standard InChI is InChI=1S/C35H25N3/c36-32(25-12-4-1-5-13-25)22-23-33(26-14-6-2-7-15-26)37-28-20-21-30-29-18-10-11-19-31(29)35(38-34(30)24-28)27-16-8-3-9-17-27/h1-24,36H/b23-22+,36-32?,37-33?. The highest BCUT2D eigenvalue weighted by Gasteiger charge is 2.11. The van der Waals surface area contributed by atoms with Crippen molar-refractivity contribution in [2.45, 2.75) is 0 Å². The number of pyridine rings is 1. The summed E-state index contributed by atoms with van der Waals surface area (Å²) in [5.41, 5.74) is 6.85. The van der Waals surface area contributed by atoms with Gasteiger partial charge in [0.15, 0.2) is 0 Å². The third kappa shape index (κ3) is 4.78. The Hall–Kier alpha value is -5.15. The van der Waals surface area contributed by atoms with Crippen molar-refractivity contribution in [1.82, 2.24) is 4.98 Å². The SMILES string of the molecule is N=C(/C=C/C(=Nc1ccc2c(c1)nc(-c1ccccc1)c1ccccc12)c1ccccc1)c1ccccc1. The smallest absolute Gasteiger partial charge is 0.0788 e. The first-order valence-corrected chi connectivity index (χ1v) is 12.6. The molecule has 0 aliphatic heterocycles.